The summed E-state index contributed by atoms with van der Waals surface area (Å²) in [5.41, 5.74) is 6.93. The summed E-state index contributed by atoms with van der Waals surface area (Å²) < 4.78 is 11.3. The zero-order valence-electron chi connectivity index (χ0n) is 11.3. The maximum Gasteiger partial charge on any atom is 0.132 e. The van der Waals surface area contributed by atoms with Gasteiger partial charge in [-0.05, 0) is 44.2 Å². The number of rotatable bonds is 5. The Morgan fingerprint density at radius 2 is 1.63 bits per heavy atom. The van der Waals surface area contributed by atoms with E-state index in [0.29, 0.717) is 6.61 Å². The van der Waals surface area contributed by atoms with Gasteiger partial charge in [0.15, 0.2) is 0 Å². The lowest BCUT2D eigenvalue weighted by molar-refractivity contribution is 0.339. The van der Waals surface area contributed by atoms with E-state index in [0.717, 1.165) is 22.8 Å². The molecule has 3 nitrogen and oxygen atoms in total. The Morgan fingerprint density at radius 3 is 2.26 bits per heavy atom. The van der Waals surface area contributed by atoms with Crippen LogP contribution in [0.1, 0.15) is 25.5 Å². The second-order valence-electron chi connectivity index (χ2n) is 4.33. The summed E-state index contributed by atoms with van der Waals surface area (Å²) in [6.45, 7) is 4.57. The molecule has 0 saturated carbocycles. The van der Waals surface area contributed by atoms with Crippen molar-refractivity contribution in [3.63, 3.8) is 0 Å². The van der Waals surface area contributed by atoms with Crippen molar-refractivity contribution < 1.29 is 9.47 Å². The van der Waals surface area contributed by atoms with Crippen LogP contribution in [0.2, 0.25) is 0 Å². The molecule has 0 amide bonds. The van der Waals surface area contributed by atoms with Gasteiger partial charge in [0.1, 0.15) is 17.2 Å². The van der Waals surface area contributed by atoms with E-state index in [1.54, 1.807) is 0 Å². The topological polar surface area (TPSA) is 44.5 Å². The summed E-state index contributed by atoms with van der Waals surface area (Å²) in [5.74, 6) is 2.41. The SMILES string of the molecule is CCOc1ccc(Oc2ccccc2[C@H](C)N)cc1. The molecule has 0 heterocycles. The zero-order chi connectivity index (χ0) is 13.7. The minimum atomic E-state index is -0.0566. The van der Waals surface area contributed by atoms with Crippen LogP contribution >= 0.6 is 0 Å². The quantitative estimate of drug-likeness (QED) is 0.883. The lowest BCUT2D eigenvalue weighted by Gasteiger charge is -2.13. The maximum atomic E-state index is 5.93. The monoisotopic (exact) mass is 257 g/mol. The summed E-state index contributed by atoms with van der Waals surface area (Å²) in [5, 5.41) is 0. The molecule has 0 aliphatic carbocycles. The third-order valence-electron chi connectivity index (χ3n) is 2.77. The van der Waals surface area contributed by atoms with E-state index >= 15 is 0 Å². The Balaban J connectivity index is 2.17. The van der Waals surface area contributed by atoms with Gasteiger partial charge in [-0.25, -0.2) is 0 Å². The van der Waals surface area contributed by atoms with Crippen LogP contribution in [0, 0.1) is 0 Å². The van der Waals surface area contributed by atoms with Gasteiger partial charge in [0.2, 0.25) is 0 Å². The summed E-state index contributed by atoms with van der Waals surface area (Å²) in [6.07, 6.45) is 0. The molecule has 0 aromatic heterocycles. The fourth-order valence-electron chi connectivity index (χ4n) is 1.85. The minimum Gasteiger partial charge on any atom is -0.494 e. The molecular weight excluding hydrogens is 238 g/mol. The molecule has 0 aliphatic rings. The van der Waals surface area contributed by atoms with Crippen LogP contribution in [0.4, 0.5) is 0 Å². The molecule has 0 bridgehead atoms. The molecule has 1 atom stereocenters. The predicted octanol–water partition coefficient (Wildman–Crippen LogP) is 3.90. The Morgan fingerprint density at radius 1 is 1.00 bits per heavy atom. The van der Waals surface area contributed by atoms with Gasteiger partial charge in [0.25, 0.3) is 0 Å². The first-order valence-corrected chi connectivity index (χ1v) is 6.46. The number of hydrogen-bond donors (Lipinski definition) is 1. The number of nitrogens with two attached hydrogens (primary N) is 1. The van der Waals surface area contributed by atoms with Crippen molar-refractivity contribution in [2.24, 2.45) is 5.73 Å². The molecule has 2 aromatic carbocycles. The molecule has 19 heavy (non-hydrogen) atoms. The van der Waals surface area contributed by atoms with Gasteiger partial charge < -0.3 is 15.2 Å². The highest BCUT2D eigenvalue weighted by Crippen LogP contribution is 2.29. The lowest BCUT2D eigenvalue weighted by atomic mass is 10.1. The smallest absolute Gasteiger partial charge is 0.132 e. The van der Waals surface area contributed by atoms with Gasteiger partial charge in [-0.3, -0.25) is 0 Å². The number of ether oxygens (including phenoxy) is 2. The van der Waals surface area contributed by atoms with Crippen LogP contribution in [-0.2, 0) is 0 Å². The molecule has 0 radical (unpaired) electrons. The van der Waals surface area contributed by atoms with Crippen molar-refractivity contribution in [1.29, 1.82) is 0 Å². The van der Waals surface area contributed by atoms with Crippen molar-refractivity contribution >= 4 is 0 Å². The number of para-hydroxylation sites is 1. The van der Waals surface area contributed by atoms with Gasteiger partial charge in [-0.2, -0.15) is 0 Å². The molecule has 100 valence electrons. The van der Waals surface area contributed by atoms with Crippen molar-refractivity contribution in [3.05, 3.63) is 54.1 Å². The summed E-state index contributed by atoms with van der Waals surface area (Å²) in [4.78, 5) is 0. The van der Waals surface area contributed by atoms with E-state index in [-0.39, 0.29) is 6.04 Å². The summed E-state index contributed by atoms with van der Waals surface area (Å²) >= 11 is 0. The summed E-state index contributed by atoms with van der Waals surface area (Å²) in [7, 11) is 0. The van der Waals surface area contributed by atoms with Crippen LogP contribution in [0.3, 0.4) is 0 Å². The van der Waals surface area contributed by atoms with Gasteiger partial charge >= 0.3 is 0 Å². The highest BCUT2D eigenvalue weighted by Gasteiger charge is 2.08. The van der Waals surface area contributed by atoms with Crippen molar-refractivity contribution in [2.75, 3.05) is 6.61 Å². The van der Waals surface area contributed by atoms with E-state index in [4.69, 9.17) is 15.2 Å². The average molecular weight is 257 g/mol. The first kappa shape index (κ1) is 13.4. The Bertz CT molecular complexity index is 521. The standard InChI is InChI=1S/C16H19NO2/c1-3-18-13-8-10-14(11-9-13)19-16-7-5-4-6-15(16)12(2)17/h4-12H,3,17H2,1-2H3/t12-/m0/s1. The Kier molecular flexibility index (Phi) is 4.42. The molecule has 0 fully saturated rings. The van der Waals surface area contributed by atoms with E-state index in [9.17, 15) is 0 Å². The molecule has 2 rings (SSSR count). The number of hydrogen-bond acceptors (Lipinski definition) is 3. The van der Waals surface area contributed by atoms with Gasteiger partial charge in [0.05, 0.1) is 6.61 Å². The largest absolute Gasteiger partial charge is 0.494 e. The first-order chi connectivity index (χ1) is 9.20. The third-order valence-corrected chi connectivity index (χ3v) is 2.77. The van der Waals surface area contributed by atoms with E-state index < -0.39 is 0 Å². The first-order valence-electron chi connectivity index (χ1n) is 6.46. The van der Waals surface area contributed by atoms with E-state index in [1.165, 1.54) is 0 Å². The van der Waals surface area contributed by atoms with Gasteiger partial charge in [0, 0.05) is 11.6 Å². The van der Waals surface area contributed by atoms with Crippen LogP contribution < -0.4 is 15.2 Å². The molecule has 0 spiro atoms. The second kappa shape index (κ2) is 6.25. The minimum absolute atomic E-state index is 0.0566. The highest BCUT2D eigenvalue weighted by atomic mass is 16.5. The lowest BCUT2D eigenvalue weighted by Crippen LogP contribution is -2.06. The van der Waals surface area contributed by atoms with Crippen molar-refractivity contribution in [2.45, 2.75) is 19.9 Å². The molecule has 0 saturated heterocycles. The Hall–Kier alpha value is -2.00. The molecule has 3 heteroatoms. The molecule has 2 aromatic rings. The fourth-order valence-corrected chi connectivity index (χ4v) is 1.85. The van der Waals surface area contributed by atoms with Crippen molar-refractivity contribution in [1.82, 2.24) is 0 Å². The maximum absolute atomic E-state index is 5.93. The molecule has 0 aliphatic heterocycles. The van der Waals surface area contributed by atoms with Crippen LogP contribution in [-0.4, -0.2) is 6.61 Å². The van der Waals surface area contributed by atoms with Crippen molar-refractivity contribution in [3.8, 4) is 17.2 Å². The molecular formula is C16H19NO2. The van der Waals surface area contributed by atoms with Crippen LogP contribution in [0.25, 0.3) is 0 Å². The van der Waals surface area contributed by atoms with Gasteiger partial charge in [-0.1, -0.05) is 18.2 Å². The zero-order valence-corrected chi connectivity index (χ0v) is 11.3. The Labute approximate surface area is 114 Å². The number of benzene rings is 2. The fraction of sp³-hybridized carbons (Fsp3) is 0.250. The highest BCUT2D eigenvalue weighted by molar-refractivity contribution is 5.40. The summed E-state index contributed by atoms with van der Waals surface area (Å²) in [6, 6.07) is 15.3. The van der Waals surface area contributed by atoms with Crippen LogP contribution in [0.5, 0.6) is 17.2 Å². The van der Waals surface area contributed by atoms with E-state index in [1.807, 2.05) is 62.4 Å². The van der Waals surface area contributed by atoms with Crippen LogP contribution in [0.15, 0.2) is 48.5 Å². The van der Waals surface area contributed by atoms with E-state index in [2.05, 4.69) is 0 Å². The third kappa shape index (κ3) is 3.48. The normalized spacial score (nSPS) is 11.9. The predicted molar refractivity (Wildman–Crippen MR) is 76.7 cm³/mol. The molecule has 2 N–H and O–H groups in total. The molecule has 0 unspecified atom stereocenters. The average Bonchev–Trinajstić information content (AvgIpc) is 2.42. The van der Waals surface area contributed by atoms with Gasteiger partial charge in [-0.15, -0.1) is 0 Å². The second-order valence-corrected chi connectivity index (χ2v) is 4.33.